The third-order valence-electron chi connectivity index (χ3n) is 5.76. The molecule has 33 heavy (non-hydrogen) atoms. The summed E-state index contributed by atoms with van der Waals surface area (Å²) in [5.74, 6) is -2.03. The summed E-state index contributed by atoms with van der Waals surface area (Å²) in [6, 6.07) is 17.9. The minimum atomic E-state index is -1.78. The maximum absolute atomic E-state index is 14.0. The van der Waals surface area contributed by atoms with Crippen LogP contribution in [0.4, 0.5) is 13.6 Å². The number of hydrogen-bond acceptors (Lipinski definition) is 4. The number of benzene rings is 3. The third kappa shape index (κ3) is 4.93. The molecule has 0 aromatic heterocycles. The number of halogens is 3. The van der Waals surface area contributed by atoms with Crippen molar-refractivity contribution >= 4 is 22.0 Å². The highest BCUT2D eigenvalue weighted by atomic mass is 79.9. The van der Waals surface area contributed by atoms with Crippen LogP contribution in [0.5, 0.6) is 0 Å². The van der Waals surface area contributed by atoms with Crippen LogP contribution in [0, 0.1) is 11.6 Å². The van der Waals surface area contributed by atoms with E-state index >= 15 is 0 Å². The van der Waals surface area contributed by atoms with E-state index in [4.69, 9.17) is 4.74 Å². The summed E-state index contributed by atoms with van der Waals surface area (Å²) in [5, 5.41) is 22.8. The van der Waals surface area contributed by atoms with E-state index in [-0.39, 0.29) is 30.0 Å². The Labute approximate surface area is 198 Å². The van der Waals surface area contributed by atoms with Crippen molar-refractivity contribution in [3.05, 3.63) is 93.5 Å². The molecule has 1 aliphatic rings. The van der Waals surface area contributed by atoms with E-state index in [0.29, 0.717) is 0 Å². The first-order chi connectivity index (χ1) is 15.9. The standard InChI is InChI=1S/C25H22BrF2NO4/c26-14-11-20(27)23(21(28)12-14)24(31)22(30)9-10-29-25(32)33-13-19-17-7-3-1-5-15(17)16-6-2-4-8-18(16)19/h1-8,11-12,19,22,24,30-31H,9-10,13H2,(H,29,32). The van der Waals surface area contributed by atoms with Crippen LogP contribution < -0.4 is 5.32 Å². The molecule has 3 N–H and O–H groups in total. The van der Waals surface area contributed by atoms with Crippen molar-refractivity contribution in [2.45, 2.75) is 24.5 Å². The lowest BCUT2D eigenvalue weighted by atomic mass is 9.98. The van der Waals surface area contributed by atoms with Crippen LogP contribution in [0.15, 0.2) is 65.1 Å². The molecule has 0 saturated carbocycles. The second-order valence-corrected chi connectivity index (χ2v) is 8.75. The van der Waals surface area contributed by atoms with Crippen molar-refractivity contribution in [2.24, 2.45) is 0 Å². The van der Waals surface area contributed by atoms with Crippen molar-refractivity contribution < 1.29 is 28.5 Å². The molecule has 172 valence electrons. The largest absolute Gasteiger partial charge is 0.449 e. The number of aliphatic hydroxyl groups excluding tert-OH is 2. The highest BCUT2D eigenvalue weighted by Gasteiger charge is 2.29. The van der Waals surface area contributed by atoms with Gasteiger partial charge in [0.2, 0.25) is 0 Å². The number of carbonyl (C=O) groups is 1. The lowest BCUT2D eigenvalue weighted by molar-refractivity contribution is 0.00945. The summed E-state index contributed by atoms with van der Waals surface area (Å²) in [4.78, 5) is 12.2. The Balaban J connectivity index is 1.30. The number of hydrogen-bond donors (Lipinski definition) is 3. The highest BCUT2D eigenvalue weighted by molar-refractivity contribution is 9.10. The summed E-state index contributed by atoms with van der Waals surface area (Å²) in [5.41, 5.74) is 3.79. The van der Waals surface area contributed by atoms with Gasteiger partial charge in [0.25, 0.3) is 0 Å². The Kier molecular flexibility index (Phi) is 7.07. The Morgan fingerprint density at radius 3 is 2.12 bits per heavy atom. The normalized spacial score (nSPS) is 14.3. The van der Waals surface area contributed by atoms with Crippen LogP contribution in [0.3, 0.4) is 0 Å². The van der Waals surface area contributed by atoms with Crippen LogP contribution in [0.2, 0.25) is 0 Å². The number of amides is 1. The van der Waals surface area contributed by atoms with E-state index in [9.17, 15) is 23.8 Å². The first kappa shape index (κ1) is 23.4. The molecule has 3 aromatic rings. The fourth-order valence-electron chi connectivity index (χ4n) is 4.16. The zero-order chi connectivity index (χ0) is 23.5. The van der Waals surface area contributed by atoms with E-state index in [1.54, 1.807) is 0 Å². The van der Waals surface area contributed by atoms with Gasteiger partial charge in [0.1, 0.15) is 24.3 Å². The summed E-state index contributed by atoms with van der Waals surface area (Å²) in [6.45, 7) is 0.0923. The van der Waals surface area contributed by atoms with Crippen LogP contribution in [0.1, 0.15) is 35.1 Å². The minimum absolute atomic E-state index is 0.0470. The molecule has 0 radical (unpaired) electrons. The van der Waals surface area contributed by atoms with E-state index in [2.05, 4.69) is 21.2 Å². The van der Waals surface area contributed by atoms with E-state index in [1.807, 2.05) is 48.5 Å². The van der Waals surface area contributed by atoms with Gasteiger partial charge in [-0.25, -0.2) is 13.6 Å². The maximum atomic E-state index is 14.0. The van der Waals surface area contributed by atoms with Crippen molar-refractivity contribution in [1.82, 2.24) is 5.32 Å². The Bertz CT molecular complexity index is 1100. The maximum Gasteiger partial charge on any atom is 0.407 e. The van der Waals surface area contributed by atoms with Crippen molar-refractivity contribution in [3.8, 4) is 11.1 Å². The number of fused-ring (bicyclic) bond motifs is 3. The SMILES string of the molecule is O=C(NCCC(O)C(O)c1c(F)cc(Br)cc1F)OCC1c2ccccc2-c2ccccc21. The zero-order valence-electron chi connectivity index (χ0n) is 17.5. The number of nitrogens with one attached hydrogen (secondary N) is 1. The van der Waals surface area contributed by atoms with Gasteiger partial charge in [-0.15, -0.1) is 0 Å². The smallest absolute Gasteiger partial charge is 0.407 e. The molecule has 0 bridgehead atoms. The minimum Gasteiger partial charge on any atom is -0.449 e. The van der Waals surface area contributed by atoms with Crippen molar-refractivity contribution in [1.29, 1.82) is 0 Å². The predicted octanol–water partition coefficient (Wildman–Crippen LogP) is 5.05. The molecule has 4 rings (SSSR count). The number of ether oxygens (including phenoxy) is 1. The van der Waals surface area contributed by atoms with Crippen LogP contribution in [-0.4, -0.2) is 35.6 Å². The Morgan fingerprint density at radius 2 is 1.55 bits per heavy atom. The molecule has 3 aromatic carbocycles. The molecule has 2 unspecified atom stereocenters. The van der Waals surface area contributed by atoms with Gasteiger partial charge in [0.05, 0.1) is 11.7 Å². The molecule has 1 amide bonds. The Morgan fingerprint density at radius 1 is 1.00 bits per heavy atom. The lowest BCUT2D eigenvalue weighted by Gasteiger charge is -2.20. The molecular formula is C25H22BrF2NO4. The topological polar surface area (TPSA) is 78.8 Å². The summed E-state index contributed by atoms with van der Waals surface area (Å²) in [7, 11) is 0. The monoisotopic (exact) mass is 517 g/mol. The Hall–Kier alpha value is -2.81. The van der Waals surface area contributed by atoms with E-state index in [1.165, 1.54) is 0 Å². The molecule has 0 saturated heterocycles. The fraction of sp³-hybridized carbons (Fsp3) is 0.240. The quantitative estimate of drug-likeness (QED) is 0.409. The lowest BCUT2D eigenvalue weighted by Crippen LogP contribution is -2.31. The van der Waals surface area contributed by atoms with Gasteiger partial charge in [0.15, 0.2) is 0 Å². The average Bonchev–Trinajstić information content (AvgIpc) is 3.10. The molecule has 2 atom stereocenters. The van der Waals surface area contributed by atoms with Crippen LogP contribution in [-0.2, 0) is 4.74 Å². The number of carbonyl (C=O) groups excluding carboxylic acids is 1. The third-order valence-corrected chi connectivity index (χ3v) is 6.22. The molecule has 1 aliphatic carbocycles. The fourth-order valence-corrected chi connectivity index (χ4v) is 4.56. The number of aliphatic hydroxyl groups is 2. The summed E-state index contributed by atoms with van der Waals surface area (Å²) >= 11 is 2.96. The number of rotatable bonds is 7. The molecule has 0 fully saturated rings. The van der Waals surface area contributed by atoms with E-state index in [0.717, 1.165) is 34.4 Å². The van der Waals surface area contributed by atoms with E-state index < -0.39 is 35.5 Å². The molecule has 0 heterocycles. The molecule has 0 aliphatic heterocycles. The number of alkyl carbamates (subject to hydrolysis) is 1. The van der Waals surface area contributed by atoms with Gasteiger partial charge in [0, 0.05) is 16.9 Å². The molecule has 0 spiro atoms. The predicted molar refractivity (Wildman–Crippen MR) is 123 cm³/mol. The van der Waals surface area contributed by atoms with Gasteiger partial charge in [-0.1, -0.05) is 64.5 Å². The van der Waals surface area contributed by atoms with Crippen LogP contribution >= 0.6 is 15.9 Å². The molecule has 8 heteroatoms. The second kappa shape index (κ2) is 9.99. The van der Waals surface area contributed by atoms with Crippen molar-refractivity contribution in [2.75, 3.05) is 13.2 Å². The highest BCUT2D eigenvalue weighted by Crippen LogP contribution is 2.44. The molecule has 5 nitrogen and oxygen atoms in total. The van der Waals surface area contributed by atoms with Gasteiger partial charge < -0.3 is 20.3 Å². The first-order valence-corrected chi connectivity index (χ1v) is 11.3. The van der Waals surface area contributed by atoms with Crippen LogP contribution in [0.25, 0.3) is 11.1 Å². The van der Waals surface area contributed by atoms with Gasteiger partial charge in [-0.05, 0) is 40.8 Å². The van der Waals surface area contributed by atoms with Gasteiger partial charge in [-0.3, -0.25) is 0 Å². The van der Waals surface area contributed by atoms with Gasteiger partial charge >= 0.3 is 6.09 Å². The van der Waals surface area contributed by atoms with Crippen molar-refractivity contribution in [3.63, 3.8) is 0 Å². The first-order valence-electron chi connectivity index (χ1n) is 10.5. The average molecular weight is 518 g/mol. The van der Waals surface area contributed by atoms with Gasteiger partial charge in [-0.2, -0.15) is 0 Å². The second-order valence-electron chi connectivity index (χ2n) is 7.84. The summed E-state index contributed by atoms with van der Waals surface area (Å²) < 4.78 is 33.6. The zero-order valence-corrected chi connectivity index (χ0v) is 19.1. The summed E-state index contributed by atoms with van der Waals surface area (Å²) in [6.07, 6.45) is -4.06. The molecular weight excluding hydrogens is 496 g/mol.